The van der Waals surface area contributed by atoms with E-state index < -0.39 is 5.91 Å². The molecule has 0 bridgehead atoms. The number of nitrogens with one attached hydrogen (secondary N) is 1. The zero-order chi connectivity index (χ0) is 28.9. The average Bonchev–Trinajstić information content (AvgIpc) is 3.64. The molecule has 6 rings (SSSR count). The van der Waals surface area contributed by atoms with Crippen LogP contribution in [0.2, 0.25) is 0 Å². The number of amides is 1. The third-order valence-corrected chi connectivity index (χ3v) is 7.00. The van der Waals surface area contributed by atoms with Crippen molar-refractivity contribution in [2.45, 2.75) is 20.1 Å². The molecule has 1 aliphatic rings. The first-order valence-corrected chi connectivity index (χ1v) is 13.4. The summed E-state index contributed by atoms with van der Waals surface area (Å²) in [5.74, 6) is 0.250. The molecule has 5 aromatic rings. The lowest BCUT2D eigenvalue weighted by Crippen LogP contribution is -2.36. The smallest absolute Gasteiger partial charge is 0.292 e. The zero-order valence-electron chi connectivity index (χ0n) is 22.9. The van der Waals surface area contributed by atoms with Gasteiger partial charge in [-0.05, 0) is 63.4 Å². The minimum absolute atomic E-state index is 0.0192. The van der Waals surface area contributed by atoms with Crippen molar-refractivity contribution in [2.24, 2.45) is 5.10 Å². The van der Waals surface area contributed by atoms with Crippen molar-refractivity contribution in [1.82, 2.24) is 35.6 Å². The first-order chi connectivity index (χ1) is 20.6. The number of hydrogen-bond donors (Lipinski definition) is 2. The van der Waals surface area contributed by atoms with E-state index in [1.54, 1.807) is 6.92 Å². The predicted octanol–water partition coefficient (Wildman–Crippen LogP) is 2.95. The Morgan fingerprint density at radius 1 is 1.05 bits per heavy atom. The van der Waals surface area contributed by atoms with Crippen molar-refractivity contribution in [3.05, 3.63) is 89.2 Å². The molecule has 0 saturated carbocycles. The van der Waals surface area contributed by atoms with Gasteiger partial charge in [-0.15, -0.1) is 5.10 Å². The quantitative estimate of drug-likeness (QED) is 0.200. The Labute approximate surface area is 240 Å². The number of ether oxygens (including phenoxy) is 2. The summed E-state index contributed by atoms with van der Waals surface area (Å²) in [6.45, 7) is 5.26. The lowest BCUT2D eigenvalue weighted by Gasteiger charge is -2.25. The zero-order valence-corrected chi connectivity index (χ0v) is 22.9. The Bertz CT molecular complexity index is 1720. The van der Waals surface area contributed by atoms with Crippen molar-refractivity contribution in [1.29, 1.82) is 0 Å². The largest absolute Gasteiger partial charge is 0.489 e. The number of hydrogen-bond acceptors (Lipinski definition) is 11. The molecule has 0 atom stereocenters. The molecular formula is C29H29N9O4. The molecule has 42 heavy (non-hydrogen) atoms. The van der Waals surface area contributed by atoms with Crippen LogP contribution < -0.4 is 15.9 Å². The fourth-order valence-corrected chi connectivity index (χ4v) is 4.73. The van der Waals surface area contributed by atoms with Gasteiger partial charge in [-0.3, -0.25) is 9.69 Å². The molecule has 1 amide bonds. The minimum atomic E-state index is -0.528. The van der Waals surface area contributed by atoms with E-state index in [0.29, 0.717) is 50.9 Å². The van der Waals surface area contributed by atoms with Gasteiger partial charge in [0.15, 0.2) is 5.69 Å². The summed E-state index contributed by atoms with van der Waals surface area (Å²) in [5.41, 5.74) is 11.6. The van der Waals surface area contributed by atoms with Crippen LogP contribution in [0.4, 0.5) is 5.82 Å². The molecular weight excluding hydrogens is 538 g/mol. The topological polar surface area (TPSA) is 159 Å². The summed E-state index contributed by atoms with van der Waals surface area (Å²) >= 11 is 0. The van der Waals surface area contributed by atoms with E-state index in [1.807, 2.05) is 42.5 Å². The van der Waals surface area contributed by atoms with E-state index in [4.69, 9.17) is 19.8 Å². The number of morpholine rings is 1. The third kappa shape index (κ3) is 5.82. The van der Waals surface area contributed by atoms with Crippen LogP contribution >= 0.6 is 0 Å². The first-order valence-electron chi connectivity index (χ1n) is 13.4. The molecule has 0 spiro atoms. The summed E-state index contributed by atoms with van der Waals surface area (Å²) in [6.07, 6.45) is 0. The highest BCUT2D eigenvalue weighted by molar-refractivity contribution is 6.01. The van der Waals surface area contributed by atoms with Crippen LogP contribution in [0.5, 0.6) is 5.75 Å². The number of rotatable bonds is 9. The second kappa shape index (κ2) is 12.2. The summed E-state index contributed by atoms with van der Waals surface area (Å²) in [6, 6.07) is 22.0. The SMILES string of the molecule is CC(=NNC(=O)c1c(CN2CCOCC2)nnn1-c1nonc1N)c1ccc(OCc2cccc3ccccc23)cc1. The monoisotopic (exact) mass is 567 g/mol. The van der Waals surface area contributed by atoms with Crippen molar-refractivity contribution in [3.8, 4) is 11.6 Å². The van der Waals surface area contributed by atoms with Crippen LogP contribution in [0, 0.1) is 0 Å². The van der Waals surface area contributed by atoms with Crippen LogP contribution in [0.3, 0.4) is 0 Å². The number of hydrazone groups is 1. The van der Waals surface area contributed by atoms with Gasteiger partial charge in [0.1, 0.15) is 18.1 Å². The van der Waals surface area contributed by atoms with Crippen LogP contribution in [-0.4, -0.2) is 68.1 Å². The molecule has 1 aliphatic heterocycles. The average molecular weight is 568 g/mol. The number of nitrogens with two attached hydrogens (primary N) is 1. The minimum Gasteiger partial charge on any atom is -0.489 e. The third-order valence-electron chi connectivity index (χ3n) is 7.00. The Morgan fingerprint density at radius 2 is 1.83 bits per heavy atom. The van der Waals surface area contributed by atoms with Gasteiger partial charge >= 0.3 is 0 Å². The van der Waals surface area contributed by atoms with Gasteiger partial charge in [0.2, 0.25) is 11.6 Å². The number of nitrogen functional groups attached to an aromatic ring is 1. The molecule has 2 aromatic heterocycles. The van der Waals surface area contributed by atoms with Crippen molar-refractivity contribution < 1.29 is 18.9 Å². The normalized spacial score (nSPS) is 14.3. The predicted molar refractivity (Wildman–Crippen MR) is 154 cm³/mol. The van der Waals surface area contributed by atoms with Crippen LogP contribution in [0.1, 0.15) is 34.2 Å². The molecule has 0 radical (unpaired) electrons. The highest BCUT2D eigenvalue weighted by atomic mass is 16.6. The molecule has 0 aliphatic carbocycles. The maximum absolute atomic E-state index is 13.4. The van der Waals surface area contributed by atoms with E-state index in [1.165, 1.54) is 15.5 Å². The highest BCUT2D eigenvalue weighted by Gasteiger charge is 2.26. The van der Waals surface area contributed by atoms with Gasteiger partial charge in [0.05, 0.1) is 18.9 Å². The molecule has 13 nitrogen and oxygen atoms in total. The fraction of sp³-hybridized carbons (Fsp3) is 0.241. The summed E-state index contributed by atoms with van der Waals surface area (Å²) in [7, 11) is 0. The van der Waals surface area contributed by atoms with Crippen molar-refractivity contribution in [2.75, 3.05) is 32.0 Å². The number of benzene rings is 3. The Balaban J connectivity index is 1.15. The van der Waals surface area contributed by atoms with Crippen LogP contribution in [0.25, 0.3) is 16.6 Å². The number of carbonyl (C=O) groups is 1. The van der Waals surface area contributed by atoms with Gasteiger partial charge in [0.25, 0.3) is 5.91 Å². The lowest BCUT2D eigenvalue weighted by atomic mass is 10.1. The maximum Gasteiger partial charge on any atom is 0.292 e. The molecule has 0 unspecified atom stereocenters. The van der Waals surface area contributed by atoms with E-state index in [0.717, 1.165) is 16.9 Å². The number of anilines is 1. The second-order valence-electron chi connectivity index (χ2n) is 9.75. The van der Waals surface area contributed by atoms with Gasteiger partial charge in [0, 0.05) is 19.6 Å². The molecule has 3 N–H and O–H groups in total. The molecule has 214 valence electrons. The van der Waals surface area contributed by atoms with Crippen molar-refractivity contribution in [3.63, 3.8) is 0 Å². The number of carbonyl (C=O) groups excluding carboxylic acids is 1. The Kier molecular flexibility index (Phi) is 7.83. The van der Waals surface area contributed by atoms with Gasteiger partial charge in [-0.2, -0.15) is 9.78 Å². The van der Waals surface area contributed by atoms with Crippen LogP contribution in [-0.2, 0) is 17.9 Å². The summed E-state index contributed by atoms with van der Waals surface area (Å²) in [5, 5.41) is 22.4. The van der Waals surface area contributed by atoms with E-state index in [9.17, 15) is 4.79 Å². The van der Waals surface area contributed by atoms with E-state index in [-0.39, 0.29) is 17.3 Å². The molecule has 3 heterocycles. The molecule has 1 saturated heterocycles. The number of aromatic nitrogens is 5. The maximum atomic E-state index is 13.4. The van der Waals surface area contributed by atoms with Crippen molar-refractivity contribution >= 4 is 28.2 Å². The second-order valence-corrected chi connectivity index (χ2v) is 9.75. The number of nitrogens with zero attached hydrogens (tertiary/aromatic N) is 7. The molecule has 3 aromatic carbocycles. The van der Waals surface area contributed by atoms with Gasteiger partial charge < -0.3 is 15.2 Å². The molecule has 1 fully saturated rings. The lowest BCUT2D eigenvalue weighted by molar-refractivity contribution is 0.0335. The van der Waals surface area contributed by atoms with Gasteiger partial charge in [-0.25, -0.2) is 10.1 Å². The van der Waals surface area contributed by atoms with E-state index >= 15 is 0 Å². The Morgan fingerprint density at radius 3 is 2.62 bits per heavy atom. The molecule has 13 heteroatoms. The van der Waals surface area contributed by atoms with Crippen LogP contribution in [0.15, 0.2) is 76.5 Å². The van der Waals surface area contributed by atoms with E-state index in [2.05, 4.69) is 60.3 Å². The fourth-order valence-electron chi connectivity index (χ4n) is 4.73. The first kappa shape index (κ1) is 27.1. The highest BCUT2D eigenvalue weighted by Crippen LogP contribution is 2.22. The standard InChI is InChI=1S/C29H29N9O4/c1-19(20-9-11-23(12-10-20)41-18-22-7-4-6-21-5-2-3-8-24(21)22)31-33-29(39)26-25(17-37-13-15-40-16-14-37)32-36-38(26)28-27(30)34-42-35-28/h2-12H,13-18H2,1H3,(H2,30,34)(H,33,39). The van der Waals surface area contributed by atoms with Gasteiger partial charge in [-0.1, -0.05) is 47.7 Å². The summed E-state index contributed by atoms with van der Waals surface area (Å²) < 4.78 is 17.4. The number of fused-ring (bicyclic) bond motifs is 1. The summed E-state index contributed by atoms with van der Waals surface area (Å²) in [4.78, 5) is 15.5. The Hall–Kier alpha value is -5.14.